The van der Waals surface area contributed by atoms with E-state index in [9.17, 15) is 14.7 Å². The number of hydrogen-bond donors (Lipinski definition) is 1. The highest BCUT2D eigenvalue weighted by atomic mass is 16.5. The number of aliphatic hydroxyl groups is 1. The molecular formula is C35H42N2O6. The summed E-state index contributed by atoms with van der Waals surface area (Å²) in [4.78, 5) is 30.7. The van der Waals surface area contributed by atoms with Gasteiger partial charge in [0.1, 0.15) is 18.1 Å². The van der Waals surface area contributed by atoms with E-state index in [-0.39, 0.29) is 11.3 Å². The minimum atomic E-state index is -0.798. The minimum Gasteiger partial charge on any atom is -0.507 e. The SMILES string of the molecule is CCCCOc1ccc(C(O)=C2C(=O)C(=O)N(CCN(CC)CC)C2c2ccc(OCc3ccccc3)c(OC)c2)cc1. The average molecular weight is 587 g/mol. The second-order valence-corrected chi connectivity index (χ2v) is 10.4. The van der Waals surface area contributed by atoms with Crippen molar-refractivity contribution in [1.29, 1.82) is 0 Å². The molecule has 1 aliphatic rings. The molecule has 0 radical (unpaired) electrons. The number of carbonyl (C=O) groups is 2. The standard InChI is InChI=1S/C35H42N2O6/c1-5-8-22-42-28-17-14-26(15-18-28)33(38)31-32(37(35(40)34(31)39)21-20-36(6-2)7-3)27-16-19-29(30(23-27)41-4)43-24-25-12-10-9-11-13-25/h9-19,23,32,38H,5-8,20-22,24H2,1-4H3. The maximum atomic E-state index is 13.5. The Hall–Kier alpha value is -4.30. The van der Waals surface area contributed by atoms with E-state index in [2.05, 4.69) is 25.7 Å². The number of likely N-dealkylation sites (N-methyl/N-ethyl adjacent to an activating group) is 1. The van der Waals surface area contributed by atoms with Crippen molar-refractivity contribution in [1.82, 2.24) is 9.80 Å². The molecule has 8 nitrogen and oxygen atoms in total. The van der Waals surface area contributed by atoms with Gasteiger partial charge in [0.05, 0.1) is 25.3 Å². The number of nitrogens with zero attached hydrogens (tertiary/aromatic N) is 2. The van der Waals surface area contributed by atoms with Gasteiger partial charge in [0, 0.05) is 18.7 Å². The molecule has 0 bridgehead atoms. The topological polar surface area (TPSA) is 88.5 Å². The molecule has 1 amide bonds. The third-order valence-electron chi connectivity index (χ3n) is 7.73. The van der Waals surface area contributed by atoms with E-state index in [1.165, 1.54) is 0 Å². The zero-order valence-corrected chi connectivity index (χ0v) is 25.5. The highest BCUT2D eigenvalue weighted by molar-refractivity contribution is 6.46. The number of rotatable bonds is 15. The number of ether oxygens (including phenoxy) is 3. The number of likely N-dealkylation sites (tertiary alicyclic amines) is 1. The summed E-state index contributed by atoms with van der Waals surface area (Å²) in [7, 11) is 1.55. The van der Waals surface area contributed by atoms with Crippen molar-refractivity contribution < 1.29 is 28.9 Å². The van der Waals surface area contributed by atoms with Gasteiger partial charge in [0.2, 0.25) is 0 Å². The van der Waals surface area contributed by atoms with Crippen LogP contribution in [0.25, 0.3) is 5.76 Å². The number of unbranched alkanes of at least 4 members (excludes halogenated alkanes) is 1. The number of aliphatic hydroxyl groups excluding tert-OH is 1. The molecule has 8 heteroatoms. The number of methoxy groups -OCH3 is 1. The zero-order chi connectivity index (χ0) is 30.8. The Kier molecular flexibility index (Phi) is 11.2. The smallest absolute Gasteiger partial charge is 0.295 e. The van der Waals surface area contributed by atoms with Crippen LogP contribution in [0.15, 0.2) is 78.4 Å². The summed E-state index contributed by atoms with van der Waals surface area (Å²) in [6, 6.07) is 21.3. The molecule has 0 spiro atoms. The normalized spacial score (nSPS) is 16.1. The molecule has 1 fully saturated rings. The Morgan fingerprint density at radius 3 is 2.28 bits per heavy atom. The highest BCUT2D eigenvalue weighted by Crippen LogP contribution is 2.42. The number of ketones is 1. The van der Waals surface area contributed by atoms with Crippen LogP contribution in [0.3, 0.4) is 0 Å². The summed E-state index contributed by atoms with van der Waals surface area (Å²) in [5.41, 5.74) is 2.14. The van der Waals surface area contributed by atoms with Gasteiger partial charge in [-0.15, -0.1) is 0 Å². The van der Waals surface area contributed by atoms with Crippen molar-refractivity contribution in [3.8, 4) is 17.2 Å². The van der Waals surface area contributed by atoms with Gasteiger partial charge in [0.25, 0.3) is 11.7 Å². The van der Waals surface area contributed by atoms with Crippen molar-refractivity contribution in [3.63, 3.8) is 0 Å². The molecular weight excluding hydrogens is 544 g/mol. The molecule has 0 aromatic heterocycles. The third kappa shape index (κ3) is 7.56. The summed E-state index contributed by atoms with van der Waals surface area (Å²) in [6.07, 6.45) is 1.97. The van der Waals surface area contributed by atoms with E-state index in [0.29, 0.717) is 54.7 Å². The molecule has 43 heavy (non-hydrogen) atoms. The van der Waals surface area contributed by atoms with Crippen molar-refractivity contribution in [2.24, 2.45) is 0 Å². The van der Waals surface area contributed by atoms with Gasteiger partial charge in [-0.25, -0.2) is 0 Å². The molecule has 228 valence electrons. The first kappa shape index (κ1) is 31.6. The number of Topliss-reactive ketones (excluding diaryl/α,β-unsaturated/α-hetero) is 1. The van der Waals surface area contributed by atoms with E-state index in [4.69, 9.17) is 14.2 Å². The van der Waals surface area contributed by atoms with Crippen molar-refractivity contribution in [2.45, 2.75) is 46.3 Å². The van der Waals surface area contributed by atoms with E-state index < -0.39 is 17.7 Å². The summed E-state index contributed by atoms with van der Waals surface area (Å²) >= 11 is 0. The van der Waals surface area contributed by atoms with Crippen molar-refractivity contribution >= 4 is 17.4 Å². The lowest BCUT2D eigenvalue weighted by Gasteiger charge is -2.28. The first-order chi connectivity index (χ1) is 20.9. The van der Waals surface area contributed by atoms with Crippen LogP contribution >= 0.6 is 0 Å². The van der Waals surface area contributed by atoms with Gasteiger partial charge in [-0.1, -0.05) is 63.6 Å². The Balaban J connectivity index is 1.71. The van der Waals surface area contributed by atoms with Crippen molar-refractivity contribution in [2.75, 3.05) is 39.9 Å². The predicted molar refractivity (Wildman–Crippen MR) is 167 cm³/mol. The summed E-state index contributed by atoms with van der Waals surface area (Å²) in [5.74, 6) is 0.106. The number of amides is 1. The lowest BCUT2D eigenvalue weighted by molar-refractivity contribution is -0.140. The first-order valence-electron chi connectivity index (χ1n) is 15.0. The third-order valence-corrected chi connectivity index (χ3v) is 7.73. The second-order valence-electron chi connectivity index (χ2n) is 10.4. The Bertz CT molecular complexity index is 1400. The van der Waals surface area contributed by atoms with Crippen LogP contribution in [-0.2, 0) is 16.2 Å². The Labute approximate surface area is 254 Å². The first-order valence-corrected chi connectivity index (χ1v) is 15.0. The van der Waals surface area contributed by atoms with Gasteiger partial charge in [0.15, 0.2) is 11.5 Å². The van der Waals surface area contributed by atoms with E-state index in [1.54, 1.807) is 48.4 Å². The van der Waals surface area contributed by atoms with Crippen LogP contribution in [0.5, 0.6) is 17.2 Å². The monoisotopic (exact) mass is 586 g/mol. The molecule has 1 heterocycles. The molecule has 1 saturated heterocycles. The van der Waals surface area contributed by atoms with Crippen LogP contribution in [0.4, 0.5) is 0 Å². The quantitative estimate of drug-likeness (QED) is 0.0980. The summed E-state index contributed by atoms with van der Waals surface area (Å²) in [6.45, 7) is 9.73. The maximum Gasteiger partial charge on any atom is 0.295 e. The molecule has 1 atom stereocenters. The van der Waals surface area contributed by atoms with Gasteiger partial charge in [-0.2, -0.15) is 0 Å². The summed E-state index contributed by atoms with van der Waals surface area (Å²) < 4.78 is 17.5. The minimum absolute atomic E-state index is 0.0456. The fraction of sp³-hybridized carbons (Fsp3) is 0.371. The number of carbonyl (C=O) groups excluding carboxylic acids is 2. The van der Waals surface area contributed by atoms with Crippen LogP contribution in [0.2, 0.25) is 0 Å². The number of benzene rings is 3. The zero-order valence-electron chi connectivity index (χ0n) is 25.5. The fourth-order valence-corrected chi connectivity index (χ4v) is 5.15. The Morgan fingerprint density at radius 2 is 1.63 bits per heavy atom. The predicted octanol–water partition coefficient (Wildman–Crippen LogP) is 6.22. The molecule has 4 rings (SSSR count). The van der Waals surface area contributed by atoms with Gasteiger partial charge in [-0.3, -0.25) is 9.59 Å². The average Bonchev–Trinajstić information content (AvgIpc) is 3.30. The molecule has 1 N–H and O–H groups in total. The summed E-state index contributed by atoms with van der Waals surface area (Å²) in [5, 5.41) is 11.5. The van der Waals surface area contributed by atoms with Crippen molar-refractivity contribution in [3.05, 3.63) is 95.1 Å². The van der Waals surface area contributed by atoms with Crippen LogP contribution in [-0.4, -0.2) is 66.5 Å². The van der Waals surface area contributed by atoms with Gasteiger partial charge < -0.3 is 29.1 Å². The molecule has 1 aliphatic heterocycles. The Morgan fingerprint density at radius 1 is 0.907 bits per heavy atom. The molecule has 1 unspecified atom stereocenters. The van der Waals surface area contributed by atoms with Crippen LogP contribution < -0.4 is 14.2 Å². The van der Waals surface area contributed by atoms with Gasteiger partial charge >= 0.3 is 0 Å². The lowest BCUT2D eigenvalue weighted by atomic mass is 9.95. The molecule has 0 saturated carbocycles. The molecule has 3 aromatic rings. The molecule has 0 aliphatic carbocycles. The molecule has 3 aromatic carbocycles. The van der Waals surface area contributed by atoms with E-state index in [0.717, 1.165) is 31.5 Å². The maximum absolute atomic E-state index is 13.5. The fourth-order valence-electron chi connectivity index (χ4n) is 5.15. The van der Waals surface area contributed by atoms with E-state index >= 15 is 0 Å². The highest BCUT2D eigenvalue weighted by Gasteiger charge is 2.46. The second kappa shape index (κ2) is 15.3. The van der Waals surface area contributed by atoms with Crippen LogP contribution in [0.1, 0.15) is 56.3 Å². The van der Waals surface area contributed by atoms with Gasteiger partial charge in [-0.05, 0) is 67.0 Å². The van der Waals surface area contributed by atoms with Crippen LogP contribution in [0, 0.1) is 0 Å². The lowest BCUT2D eigenvalue weighted by Crippen LogP contribution is -2.38. The van der Waals surface area contributed by atoms with E-state index in [1.807, 2.05) is 36.4 Å². The number of hydrogen-bond acceptors (Lipinski definition) is 7. The largest absolute Gasteiger partial charge is 0.507 e.